The second kappa shape index (κ2) is 12.4. The van der Waals surface area contributed by atoms with Crippen LogP contribution >= 0.6 is 6.83 Å². The molecule has 0 aromatic heterocycles. The molecular weight excluding hydrogens is 507 g/mol. The van der Waals surface area contributed by atoms with Crippen LogP contribution in [0.3, 0.4) is 0 Å². The van der Waals surface area contributed by atoms with E-state index in [1.807, 2.05) is 73.7 Å². The van der Waals surface area contributed by atoms with Crippen molar-refractivity contribution in [2.24, 2.45) is 0 Å². The molecule has 0 atom stereocenters. The van der Waals surface area contributed by atoms with Gasteiger partial charge in [0.15, 0.2) is 0 Å². The molecule has 0 saturated heterocycles. The van der Waals surface area contributed by atoms with Crippen molar-refractivity contribution in [1.82, 2.24) is 0 Å². The van der Waals surface area contributed by atoms with Crippen LogP contribution in [0.25, 0.3) is 0 Å². The molecule has 0 aliphatic heterocycles. The van der Waals surface area contributed by atoms with Gasteiger partial charge in [-0.3, -0.25) is 0 Å². The van der Waals surface area contributed by atoms with Gasteiger partial charge in [0.25, 0.3) is 0 Å². The van der Waals surface area contributed by atoms with Crippen LogP contribution in [-0.2, 0) is 14.1 Å². The van der Waals surface area contributed by atoms with E-state index in [1.54, 1.807) is 12.1 Å². The molecule has 0 fully saturated rings. The molecule has 38 heavy (non-hydrogen) atoms. The predicted molar refractivity (Wildman–Crippen MR) is 163 cm³/mol. The van der Waals surface area contributed by atoms with Gasteiger partial charge in [0, 0.05) is 0 Å². The van der Waals surface area contributed by atoms with E-state index in [0.29, 0.717) is 6.16 Å². The molecule has 0 spiro atoms. The van der Waals surface area contributed by atoms with E-state index in [-0.39, 0.29) is 4.90 Å². The SMILES string of the molecule is CCCCCCCCP(OS(=O)(=O)c1ccc(C)cc1)(c1ccccc1)(c1ccccc1)c1ccccc1. The Kier molecular flexibility index (Phi) is 9.20. The van der Waals surface area contributed by atoms with E-state index in [2.05, 4.69) is 43.3 Å². The van der Waals surface area contributed by atoms with Gasteiger partial charge < -0.3 is 0 Å². The maximum absolute atomic E-state index is 14.3. The number of benzene rings is 4. The maximum atomic E-state index is 14.3. The molecule has 0 heterocycles. The van der Waals surface area contributed by atoms with Crippen LogP contribution in [0.5, 0.6) is 0 Å². The number of unbranched alkanes of at least 4 members (excludes halogenated alkanes) is 5. The van der Waals surface area contributed by atoms with Crippen LogP contribution in [0, 0.1) is 6.92 Å². The fourth-order valence-corrected chi connectivity index (χ4v) is 14.2. The van der Waals surface area contributed by atoms with Crippen molar-refractivity contribution in [3.8, 4) is 0 Å². The first-order valence-electron chi connectivity index (χ1n) is 13.6. The Hall–Kier alpha value is -2.78. The normalized spacial score (nSPS) is 13.1. The third-order valence-corrected chi connectivity index (χ3v) is 15.7. The monoisotopic (exact) mass is 546 g/mol. The quantitative estimate of drug-likeness (QED) is 0.129. The first kappa shape index (κ1) is 28.2. The molecule has 0 aliphatic carbocycles. The molecule has 0 radical (unpaired) electrons. The predicted octanol–water partition coefficient (Wildman–Crippen LogP) is 7.51. The van der Waals surface area contributed by atoms with Crippen LogP contribution in [0.1, 0.15) is 51.0 Å². The van der Waals surface area contributed by atoms with Crippen molar-refractivity contribution in [3.05, 3.63) is 121 Å². The second-order valence-corrected chi connectivity index (χ2v) is 16.5. The number of rotatable bonds is 13. The zero-order valence-electron chi connectivity index (χ0n) is 22.5. The standard InChI is InChI=1S/C33H39O3PS/c1-3-4-5-6-7-17-28-37(30-18-11-8-12-19-30,31-20-13-9-14-21-31,32-22-15-10-16-23-32)36-38(34,35)33-26-24-29(2)25-27-33/h8-16,18-27H,3-7,17,28H2,1-2H3. The summed E-state index contributed by atoms with van der Waals surface area (Å²) in [4.78, 5) is 0.183. The zero-order valence-corrected chi connectivity index (χ0v) is 24.2. The molecule has 5 heteroatoms. The van der Waals surface area contributed by atoms with Gasteiger partial charge >= 0.3 is 230 Å². The Morgan fingerprint density at radius 1 is 0.579 bits per heavy atom. The molecule has 0 aliphatic rings. The summed E-state index contributed by atoms with van der Waals surface area (Å²) < 4.78 is 35.5. The summed E-state index contributed by atoms with van der Waals surface area (Å²) in [6.07, 6.45) is 7.23. The fourth-order valence-electron chi connectivity index (χ4n) is 5.39. The minimum atomic E-state index is -4.13. The van der Waals surface area contributed by atoms with Crippen LogP contribution in [0.15, 0.2) is 120 Å². The number of aryl methyl sites for hydroxylation is 1. The molecule has 3 nitrogen and oxygen atoms in total. The summed E-state index contributed by atoms with van der Waals surface area (Å²) in [5.41, 5.74) is 1.00. The Balaban J connectivity index is 2.00. The molecule has 0 N–H and O–H groups in total. The van der Waals surface area contributed by atoms with Gasteiger partial charge in [-0.1, -0.05) is 0 Å². The van der Waals surface area contributed by atoms with Gasteiger partial charge in [-0.15, -0.1) is 0 Å². The van der Waals surface area contributed by atoms with E-state index in [4.69, 9.17) is 3.97 Å². The first-order chi connectivity index (χ1) is 18.4. The van der Waals surface area contributed by atoms with Crippen molar-refractivity contribution in [3.63, 3.8) is 0 Å². The van der Waals surface area contributed by atoms with Crippen LogP contribution in [-0.4, -0.2) is 14.6 Å². The summed E-state index contributed by atoms with van der Waals surface area (Å²) >= 11 is 0. The van der Waals surface area contributed by atoms with Crippen LogP contribution in [0.2, 0.25) is 0 Å². The molecule has 0 bridgehead atoms. The van der Waals surface area contributed by atoms with Crippen molar-refractivity contribution in [2.45, 2.75) is 57.3 Å². The molecule has 4 rings (SSSR count). The molecule has 200 valence electrons. The van der Waals surface area contributed by atoms with E-state index in [0.717, 1.165) is 40.7 Å². The van der Waals surface area contributed by atoms with Gasteiger partial charge in [-0.2, -0.15) is 0 Å². The Bertz CT molecular complexity index is 1290. The van der Waals surface area contributed by atoms with Crippen molar-refractivity contribution < 1.29 is 12.4 Å². The fraction of sp³-hybridized carbons (Fsp3) is 0.273. The van der Waals surface area contributed by atoms with Gasteiger partial charge in [-0.25, -0.2) is 0 Å². The molecule has 0 saturated carbocycles. The van der Waals surface area contributed by atoms with Crippen molar-refractivity contribution >= 4 is 32.9 Å². The van der Waals surface area contributed by atoms with Gasteiger partial charge in [0.05, 0.1) is 0 Å². The summed E-state index contributed by atoms with van der Waals surface area (Å²) in [5.74, 6) is 0. The second-order valence-electron chi connectivity index (χ2n) is 10.1. The summed E-state index contributed by atoms with van der Waals surface area (Å²) in [5, 5.41) is 2.79. The van der Waals surface area contributed by atoms with Gasteiger partial charge in [0.1, 0.15) is 0 Å². The molecule has 4 aromatic rings. The van der Waals surface area contributed by atoms with E-state index < -0.39 is 16.9 Å². The Morgan fingerprint density at radius 2 is 1.00 bits per heavy atom. The zero-order chi connectivity index (χ0) is 26.9. The van der Waals surface area contributed by atoms with Crippen molar-refractivity contribution in [2.75, 3.05) is 6.16 Å². The summed E-state index contributed by atoms with van der Waals surface area (Å²) in [6.45, 7) is 0.178. The van der Waals surface area contributed by atoms with Crippen LogP contribution in [0.4, 0.5) is 0 Å². The number of hydrogen-bond donors (Lipinski definition) is 0. The minimum absolute atomic E-state index is 0.183. The average molecular weight is 547 g/mol. The summed E-state index contributed by atoms with van der Waals surface area (Å²) in [7, 11) is -4.13. The van der Waals surface area contributed by atoms with E-state index in [9.17, 15) is 8.42 Å². The first-order valence-corrected chi connectivity index (χ1v) is 17.4. The van der Waals surface area contributed by atoms with E-state index >= 15 is 0 Å². The van der Waals surface area contributed by atoms with Crippen molar-refractivity contribution in [1.29, 1.82) is 0 Å². The molecule has 0 unspecified atom stereocenters. The third kappa shape index (κ3) is 5.64. The third-order valence-electron chi connectivity index (χ3n) is 7.42. The van der Waals surface area contributed by atoms with Crippen LogP contribution < -0.4 is 15.9 Å². The van der Waals surface area contributed by atoms with Gasteiger partial charge in [0.2, 0.25) is 0 Å². The Labute approximate surface area is 229 Å². The molecule has 0 amide bonds. The average Bonchev–Trinajstić information content (AvgIpc) is 2.96. The Morgan fingerprint density at radius 3 is 1.45 bits per heavy atom. The number of hydrogen-bond acceptors (Lipinski definition) is 3. The topological polar surface area (TPSA) is 43.4 Å². The molecule has 4 aromatic carbocycles. The van der Waals surface area contributed by atoms with Gasteiger partial charge in [-0.05, 0) is 0 Å². The summed E-state index contributed by atoms with van der Waals surface area (Å²) in [6, 6.07) is 37.2. The van der Waals surface area contributed by atoms with E-state index in [1.165, 1.54) is 19.3 Å². The molecular formula is C33H39O3PS.